The number of ether oxygens (including phenoxy) is 2. The first-order valence-corrected chi connectivity index (χ1v) is 14.3. The Hall–Kier alpha value is -2.68. The number of carbonyl (C=O) groups is 2. The van der Waals surface area contributed by atoms with Gasteiger partial charge in [-0.2, -0.15) is 0 Å². The summed E-state index contributed by atoms with van der Waals surface area (Å²) in [6, 6.07) is 5.39. The lowest BCUT2D eigenvalue weighted by Crippen LogP contribution is -2.45. The molecule has 1 unspecified atom stereocenters. The summed E-state index contributed by atoms with van der Waals surface area (Å²) in [7, 11) is 0. The average Bonchev–Trinajstić information content (AvgIpc) is 3.53. The van der Waals surface area contributed by atoms with Crippen LogP contribution < -0.4 is 15.5 Å². The summed E-state index contributed by atoms with van der Waals surface area (Å²) >= 11 is 0. The number of anilines is 2. The number of hydrogen-bond donors (Lipinski definition) is 3. The number of hydrogen-bond acceptors (Lipinski definition) is 8. The van der Waals surface area contributed by atoms with Crippen molar-refractivity contribution >= 4 is 23.1 Å². The molecule has 2 aliphatic rings. The van der Waals surface area contributed by atoms with Crippen LogP contribution in [0.3, 0.4) is 0 Å². The van der Waals surface area contributed by atoms with Crippen LogP contribution in [-0.2, 0) is 25.6 Å². The third-order valence-electron chi connectivity index (χ3n) is 7.17. The van der Waals surface area contributed by atoms with Gasteiger partial charge in [0.05, 0.1) is 30.2 Å². The van der Waals surface area contributed by atoms with E-state index in [1.165, 1.54) is 0 Å². The lowest BCUT2D eigenvalue weighted by Gasteiger charge is -2.30. The molecule has 8 nitrogen and oxygen atoms in total. The largest absolute Gasteiger partial charge is 0.464 e. The molecule has 8 heteroatoms. The Labute approximate surface area is 233 Å². The van der Waals surface area contributed by atoms with Crippen LogP contribution in [0, 0.1) is 11.8 Å². The Morgan fingerprint density at radius 2 is 2.00 bits per heavy atom. The molecule has 2 heterocycles. The summed E-state index contributed by atoms with van der Waals surface area (Å²) in [6.45, 7) is 15.5. The first-order valence-electron chi connectivity index (χ1n) is 14.3. The highest BCUT2D eigenvalue weighted by Crippen LogP contribution is 2.39. The quantitative estimate of drug-likeness (QED) is 0.190. The molecular weight excluding hydrogens is 494 g/mol. The Bertz CT molecular complexity index is 1060. The number of aliphatic hydroxyl groups excluding tert-OH is 1. The Balaban J connectivity index is 1.81. The minimum Gasteiger partial charge on any atom is -0.464 e. The molecule has 0 aromatic heterocycles. The molecule has 1 aromatic carbocycles. The zero-order valence-electron chi connectivity index (χ0n) is 24.6. The fourth-order valence-electron chi connectivity index (χ4n) is 5.01. The van der Waals surface area contributed by atoms with Crippen molar-refractivity contribution in [3.63, 3.8) is 0 Å². The number of fused-ring (bicyclic) bond motifs is 1. The van der Waals surface area contributed by atoms with Crippen LogP contribution in [0.5, 0.6) is 0 Å². The molecular formula is C31H47N3O5. The lowest BCUT2D eigenvalue weighted by atomic mass is 9.99. The van der Waals surface area contributed by atoms with Gasteiger partial charge in [-0.1, -0.05) is 39.8 Å². The average molecular weight is 542 g/mol. The molecule has 2 aliphatic heterocycles. The van der Waals surface area contributed by atoms with Gasteiger partial charge in [0, 0.05) is 25.6 Å². The van der Waals surface area contributed by atoms with Gasteiger partial charge >= 0.3 is 5.97 Å². The van der Waals surface area contributed by atoms with E-state index in [1.54, 1.807) is 6.92 Å². The van der Waals surface area contributed by atoms with Crippen LogP contribution in [-0.4, -0.2) is 61.0 Å². The molecule has 1 aromatic rings. The van der Waals surface area contributed by atoms with Gasteiger partial charge in [0.2, 0.25) is 0 Å². The second kappa shape index (κ2) is 14.1. The van der Waals surface area contributed by atoms with Gasteiger partial charge in [0.1, 0.15) is 12.2 Å². The number of carbonyl (C=O) groups excluding carboxylic acids is 2. The smallest absolute Gasteiger partial charge is 0.325 e. The zero-order chi connectivity index (χ0) is 28.7. The second-order valence-corrected chi connectivity index (χ2v) is 11.4. The predicted octanol–water partition coefficient (Wildman–Crippen LogP) is 4.58. The third-order valence-corrected chi connectivity index (χ3v) is 7.17. The molecule has 3 rings (SSSR count). The van der Waals surface area contributed by atoms with Crippen molar-refractivity contribution in [2.24, 2.45) is 11.8 Å². The second-order valence-electron chi connectivity index (χ2n) is 11.4. The molecule has 4 atom stereocenters. The number of nitrogens with one attached hydrogen (secondary N) is 2. The van der Waals surface area contributed by atoms with Crippen molar-refractivity contribution in [1.29, 1.82) is 0 Å². The van der Waals surface area contributed by atoms with Gasteiger partial charge < -0.3 is 24.8 Å². The number of benzene rings is 1. The minimum absolute atomic E-state index is 0.0562. The van der Waals surface area contributed by atoms with Crippen LogP contribution in [0.25, 0.3) is 0 Å². The number of esters is 1. The number of nitrogens with zero attached hydrogens (tertiary/aromatic N) is 1. The maximum absolute atomic E-state index is 12.6. The van der Waals surface area contributed by atoms with E-state index < -0.39 is 18.1 Å². The van der Waals surface area contributed by atoms with Crippen molar-refractivity contribution in [3.05, 3.63) is 47.1 Å². The van der Waals surface area contributed by atoms with Gasteiger partial charge in [-0.25, -0.2) is 0 Å². The van der Waals surface area contributed by atoms with Gasteiger partial charge in [-0.15, -0.1) is 0 Å². The molecule has 0 bridgehead atoms. The summed E-state index contributed by atoms with van der Waals surface area (Å²) in [5, 5.41) is 17.0. The molecule has 216 valence electrons. The SMILES string of the molecule is C/C=C(\C=C(\C)C(=O)C(C)C)C1Nc2cc(CN[C@H](C(=O)OCC(C)C)[C@@H](C)O)ccc2N1C[C@H]1CCCO1. The van der Waals surface area contributed by atoms with Crippen molar-refractivity contribution in [1.82, 2.24) is 5.32 Å². The topological polar surface area (TPSA) is 100 Å². The Morgan fingerprint density at radius 3 is 2.59 bits per heavy atom. The number of rotatable bonds is 13. The fourth-order valence-corrected chi connectivity index (χ4v) is 5.01. The highest BCUT2D eigenvalue weighted by Gasteiger charge is 2.34. The molecule has 0 spiro atoms. The van der Waals surface area contributed by atoms with Crippen molar-refractivity contribution in [3.8, 4) is 0 Å². The zero-order valence-corrected chi connectivity index (χ0v) is 24.6. The number of ketones is 1. The van der Waals surface area contributed by atoms with E-state index in [4.69, 9.17) is 9.47 Å². The number of Topliss-reactive ketones (excluding diaryl/α,β-unsaturated/α-hetero) is 1. The normalized spacial score (nSPS) is 21.2. The monoisotopic (exact) mass is 541 g/mol. The van der Waals surface area contributed by atoms with Crippen LogP contribution in [0.15, 0.2) is 41.5 Å². The number of allylic oxidation sites excluding steroid dienone is 2. The van der Waals surface area contributed by atoms with E-state index in [-0.39, 0.29) is 29.9 Å². The molecule has 1 fully saturated rings. The molecule has 0 radical (unpaired) electrons. The molecule has 39 heavy (non-hydrogen) atoms. The van der Waals surface area contributed by atoms with Gasteiger partial charge in [0.25, 0.3) is 0 Å². The van der Waals surface area contributed by atoms with Crippen LogP contribution in [0.1, 0.15) is 66.9 Å². The maximum Gasteiger partial charge on any atom is 0.325 e. The summed E-state index contributed by atoms with van der Waals surface area (Å²) in [4.78, 5) is 27.5. The summed E-state index contributed by atoms with van der Waals surface area (Å²) in [6.07, 6.45) is 5.28. The van der Waals surface area contributed by atoms with E-state index in [9.17, 15) is 14.7 Å². The van der Waals surface area contributed by atoms with Gasteiger partial charge in [0.15, 0.2) is 5.78 Å². The highest BCUT2D eigenvalue weighted by atomic mass is 16.5. The molecule has 3 N–H and O–H groups in total. The summed E-state index contributed by atoms with van der Waals surface area (Å²) in [5.74, 6) is -0.138. The van der Waals surface area contributed by atoms with Crippen LogP contribution in [0.4, 0.5) is 11.4 Å². The Morgan fingerprint density at radius 1 is 1.26 bits per heavy atom. The van der Waals surface area contributed by atoms with E-state index >= 15 is 0 Å². The highest BCUT2D eigenvalue weighted by molar-refractivity contribution is 5.96. The van der Waals surface area contributed by atoms with E-state index in [0.717, 1.165) is 54.1 Å². The first kappa shape index (κ1) is 30.9. The van der Waals surface area contributed by atoms with Gasteiger partial charge in [-0.3, -0.25) is 14.9 Å². The van der Waals surface area contributed by atoms with Crippen molar-refractivity contribution < 1.29 is 24.2 Å². The first-order chi connectivity index (χ1) is 18.5. The van der Waals surface area contributed by atoms with E-state index in [0.29, 0.717) is 13.2 Å². The van der Waals surface area contributed by atoms with Gasteiger partial charge in [-0.05, 0) is 74.4 Å². The predicted molar refractivity (Wildman–Crippen MR) is 156 cm³/mol. The third kappa shape index (κ3) is 8.16. The lowest BCUT2D eigenvalue weighted by molar-refractivity contribution is -0.150. The maximum atomic E-state index is 12.6. The number of aliphatic hydroxyl groups is 1. The van der Waals surface area contributed by atoms with Crippen molar-refractivity contribution in [2.75, 3.05) is 30.0 Å². The fraction of sp³-hybridized carbons (Fsp3) is 0.613. The van der Waals surface area contributed by atoms with Crippen LogP contribution in [0.2, 0.25) is 0 Å². The van der Waals surface area contributed by atoms with E-state index in [1.807, 2.05) is 53.7 Å². The summed E-state index contributed by atoms with van der Waals surface area (Å²) < 4.78 is 11.3. The molecule has 1 saturated heterocycles. The molecule has 0 aliphatic carbocycles. The molecule has 0 amide bonds. The van der Waals surface area contributed by atoms with Crippen LogP contribution >= 0.6 is 0 Å². The van der Waals surface area contributed by atoms with Crippen molar-refractivity contribution in [2.45, 2.75) is 92.3 Å². The minimum atomic E-state index is -0.885. The Kier molecular flexibility index (Phi) is 11.2. The summed E-state index contributed by atoms with van der Waals surface area (Å²) in [5.41, 5.74) is 4.80. The standard InChI is InChI=1S/C31H47N3O5/c1-8-24(14-21(6)29(36)20(4)5)30-33-26-15-23(11-12-27(26)34(30)17-25-10-9-13-38-25)16-32-28(22(7)35)31(37)39-18-19(2)3/h8,11-12,14-15,19-20,22,25,28,30,32-33,35H,9-10,13,16-18H2,1-7H3/b21-14-,24-8+/t22-,25-,28+,30?/m1/s1. The molecule has 0 saturated carbocycles. The van der Waals surface area contributed by atoms with E-state index in [2.05, 4.69) is 33.7 Å².